The molecule has 5 heteroatoms. The fourth-order valence-electron chi connectivity index (χ4n) is 2.21. The normalized spacial score (nSPS) is 21.9. The summed E-state index contributed by atoms with van der Waals surface area (Å²) in [6.45, 7) is 9.79. The van der Waals surface area contributed by atoms with Crippen LogP contribution in [0.4, 0.5) is 0 Å². The molecule has 1 saturated heterocycles. The predicted molar refractivity (Wildman–Crippen MR) is 79.3 cm³/mol. The van der Waals surface area contributed by atoms with E-state index in [4.69, 9.17) is 14.0 Å². The van der Waals surface area contributed by atoms with Gasteiger partial charge in [-0.1, -0.05) is 12.1 Å². The van der Waals surface area contributed by atoms with E-state index in [1.165, 1.54) is 0 Å². The van der Waals surface area contributed by atoms with E-state index in [0.29, 0.717) is 5.75 Å². The summed E-state index contributed by atoms with van der Waals surface area (Å²) in [6, 6.07) is 5.63. The molecule has 0 radical (unpaired) electrons. The largest absolute Gasteiger partial charge is 0.496 e. The summed E-state index contributed by atoms with van der Waals surface area (Å²) >= 11 is 0. The molecule has 110 valence electrons. The summed E-state index contributed by atoms with van der Waals surface area (Å²) in [4.78, 5) is 0. The number of benzene rings is 1. The number of methoxy groups -OCH3 is 1. The molecule has 0 spiro atoms. The zero-order valence-corrected chi connectivity index (χ0v) is 13.1. The molecular weight excluding hydrogens is 255 g/mol. The molecular formula is C15H23BO4. The first-order valence-corrected chi connectivity index (χ1v) is 6.89. The molecule has 20 heavy (non-hydrogen) atoms. The van der Waals surface area contributed by atoms with Crippen LogP contribution in [-0.2, 0) is 9.31 Å². The molecule has 1 atom stereocenters. The van der Waals surface area contributed by atoms with E-state index in [1.807, 2.05) is 45.9 Å². The highest BCUT2D eigenvalue weighted by molar-refractivity contribution is 6.62. The lowest BCUT2D eigenvalue weighted by atomic mass is 9.78. The molecule has 0 aliphatic carbocycles. The number of rotatable bonds is 3. The Morgan fingerprint density at radius 1 is 1.15 bits per heavy atom. The van der Waals surface area contributed by atoms with Crippen molar-refractivity contribution < 1.29 is 19.2 Å². The lowest BCUT2D eigenvalue weighted by Crippen LogP contribution is -2.41. The van der Waals surface area contributed by atoms with Gasteiger partial charge in [0.1, 0.15) is 5.75 Å². The van der Waals surface area contributed by atoms with E-state index in [9.17, 15) is 5.11 Å². The molecule has 1 heterocycles. The summed E-state index contributed by atoms with van der Waals surface area (Å²) in [7, 11) is 1.17. The Kier molecular flexibility index (Phi) is 3.89. The van der Waals surface area contributed by atoms with Crippen molar-refractivity contribution in [2.24, 2.45) is 0 Å². The fraction of sp³-hybridized carbons (Fsp3) is 0.600. The van der Waals surface area contributed by atoms with E-state index in [0.717, 1.165) is 11.0 Å². The zero-order valence-electron chi connectivity index (χ0n) is 13.1. The molecule has 0 aromatic heterocycles. The lowest BCUT2D eigenvalue weighted by molar-refractivity contribution is 0.00578. The fourth-order valence-corrected chi connectivity index (χ4v) is 2.21. The number of aliphatic hydroxyl groups is 1. The zero-order chi connectivity index (χ0) is 15.1. The van der Waals surface area contributed by atoms with Crippen molar-refractivity contribution in [3.05, 3.63) is 23.8 Å². The van der Waals surface area contributed by atoms with Crippen molar-refractivity contribution in [1.82, 2.24) is 0 Å². The van der Waals surface area contributed by atoms with E-state index < -0.39 is 13.2 Å². The Balaban J connectivity index is 2.34. The molecule has 0 bridgehead atoms. The van der Waals surface area contributed by atoms with Crippen LogP contribution >= 0.6 is 0 Å². The minimum atomic E-state index is -0.604. The van der Waals surface area contributed by atoms with Crippen molar-refractivity contribution in [1.29, 1.82) is 0 Å². The van der Waals surface area contributed by atoms with Crippen molar-refractivity contribution in [2.45, 2.75) is 51.9 Å². The van der Waals surface area contributed by atoms with Crippen LogP contribution in [-0.4, -0.2) is 30.5 Å². The molecule has 2 rings (SSSR count). The molecule has 1 aromatic rings. The first kappa shape index (κ1) is 15.4. The van der Waals surface area contributed by atoms with Gasteiger partial charge in [-0.25, -0.2) is 0 Å². The second-order valence-corrected chi connectivity index (χ2v) is 6.27. The maximum absolute atomic E-state index is 9.85. The van der Waals surface area contributed by atoms with E-state index in [2.05, 4.69) is 0 Å². The molecule has 0 amide bonds. The average Bonchev–Trinajstić information content (AvgIpc) is 2.57. The lowest BCUT2D eigenvalue weighted by Gasteiger charge is -2.32. The molecule has 4 nitrogen and oxygen atoms in total. The van der Waals surface area contributed by atoms with E-state index in [-0.39, 0.29) is 11.2 Å². The highest BCUT2D eigenvalue weighted by Crippen LogP contribution is 2.37. The van der Waals surface area contributed by atoms with Gasteiger partial charge in [-0.3, -0.25) is 0 Å². The summed E-state index contributed by atoms with van der Waals surface area (Å²) in [6.07, 6.45) is -0.604. The van der Waals surface area contributed by atoms with Crippen LogP contribution in [0.2, 0.25) is 0 Å². The minimum absolute atomic E-state index is 0.372. The summed E-state index contributed by atoms with van der Waals surface area (Å²) in [5.41, 5.74) is 0.880. The molecule has 1 N–H and O–H groups in total. The topological polar surface area (TPSA) is 47.9 Å². The van der Waals surface area contributed by atoms with Crippen molar-refractivity contribution in [3.63, 3.8) is 0 Å². The van der Waals surface area contributed by atoms with Gasteiger partial charge in [0.05, 0.1) is 24.4 Å². The average molecular weight is 278 g/mol. The Labute approximate surface area is 121 Å². The van der Waals surface area contributed by atoms with Gasteiger partial charge in [0.15, 0.2) is 0 Å². The van der Waals surface area contributed by atoms with Gasteiger partial charge in [0.25, 0.3) is 0 Å². The van der Waals surface area contributed by atoms with Gasteiger partial charge in [0.2, 0.25) is 0 Å². The monoisotopic (exact) mass is 278 g/mol. The molecule has 0 saturated carbocycles. The van der Waals surface area contributed by atoms with Gasteiger partial charge >= 0.3 is 7.12 Å². The third-order valence-electron chi connectivity index (χ3n) is 4.23. The molecule has 1 aromatic carbocycles. The Morgan fingerprint density at radius 2 is 1.70 bits per heavy atom. The highest BCUT2D eigenvalue weighted by Gasteiger charge is 2.51. The van der Waals surface area contributed by atoms with E-state index >= 15 is 0 Å². The van der Waals surface area contributed by atoms with Crippen LogP contribution in [0.1, 0.15) is 46.3 Å². The van der Waals surface area contributed by atoms with Crippen molar-refractivity contribution >= 4 is 12.6 Å². The summed E-state index contributed by atoms with van der Waals surface area (Å²) < 4.78 is 17.3. The maximum atomic E-state index is 9.85. The number of aliphatic hydroxyl groups excluding tert-OH is 1. The van der Waals surface area contributed by atoms with Crippen LogP contribution in [0.25, 0.3) is 0 Å². The standard InChI is InChI=1S/C15H23BO4/c1-10(17)12-9-11(7-8-13(12)18-6)16-19-14(2,3)15(4,5)20-16/h7-10,17H,1-6H3. The van der Waals surface area contributed by atoms with Crippen molar-refractivity contribution in [2.75, 3.05) is 7.11 Å². The second kappa shape index (κ2) is 5.06. The van der Waals surface area contributed by atoms with Crippen LogP contribution < -0.4 is 10.2 Å². The summed E-state index contributed by atoms with van der Waals surface area (Å²) in [5.74, 6) is 0.667. The number of hydrogen-bond acceptors (Lipinski definition) is 4. The van der Waals surface area contributed by atoms with Crippen LogP contribution in [0.5, 0.6) is 5.75 Å². The van der Waals surface area contributed by atoms with Gasteiger partial charge in [-0.15, -0.1) is 0 Å². The second-order valence-electron chi connectivity index (χ2n) is 6.27. The first-order chi connectivity index (χ1) is 9.18. The summed E-state index contributed by atoms with van der Waals surface area (Å²) in [5, 5.41) is 9.85. The number of ether oxygens (including phenoxy) is 1. The Morgan fingerprint density at radius 3 is 2.15 bits per heavy atom. The molecule has 1 unspecified atom stereocenters. The minimum Gasteiger partial charge on any atom is -0.496 e. The quantitative estimate of drug-likeness (QED) is 0.860. The van der Waals surface area contributed by atoms with Crippen molar-refractivity contribution in [3.8, 4) is 5.75 Å². The van der Waals surface area contributed by atoms with Gasteiger partial charge in [-0.2, -0.15) is 0 Å². The highest BCUT2D eigenvalue weighted by atomic mass is 16.7. The third kappa shape index (κ3) is 2.58. The number of hydrogen-bond donors (Lipinski definition) is 1. The van der Waals surface area contributed by atoms with Crippen LogP contribution in [0.3, 0.4) is 0 Å². The van der Waals surface area contributed by atoms with Gasteiger partial charge < -0.3 is 19.2 Å². The molecule has 1 aliphatic heterocycles. The van der Waals surface area contributed by atoms with Gasteiger partial charge in [0, 0.05) is 5.56 Å². The predicted octanol–water partition coefficient (Wildman–Crippen LogP) is 2.05. The van der Waals surface area contributed by atoms with E-state index in [1.54, 1.807) is 14.0 Å². The Hall–Kier alpha value is -1.04. The van der Waals surface area contributed by atoms with Crippen LogP contribution in [0, 0.1) is 0 Å². The van der Waals surface area contributed by atoms with Crippen LogP contribution in [0.15, 0.2) is 18.2 Å². The Bertz CT molecular complexity index is 481. The SMILES string of the molecule is COc1ccc(B2OC(C)(C)C(C)(C)O2)cc1C(C)O. The maximum Gasteiger partial charge on any atom is 0.494 e. The first-order valence-electron chi connectivity index (χ1n) is 6.89. The molecule has 1 aliphatic rings. The smallest absolute Gasteiger partial charge is 0.494 e. The third-order valence-corrected chi connectivity index (χ3v) is 4.23. The van der Waals surface area contributed by atoms with Gasteiger partial charge in [-0.05, 0) is 46.1 Å². The molecule has 1 fully saturated rings.